The third-order valence-corrected chi connectivity index (χ3v) is 2.29. The Morgan fingerprint density at radius 2 is 2.06 bits per heavy atom. The van der Waals surface area contributed by atoms with Crippen LogP contribution >= 0.6 is 0 Å². The number of Topliss-reactive ketones (excluding diaryl/α,β-unsaturated/α-hetero) is 1. The third kappa shape index (κ3) is 2.44. The highest BCUT2D eigenvalue weighted by Crippen LogP contribution is 2.25. The molecule has 0 aliphatic heterocycles. The predicted octanol–water partition coefficient (Wildman–Crippen LogP) is 0.337. The monoisotopic (exact) mass is 237 g/mol. The molecule has 0 aliphatic carbocycles. The zero-order valence-corrected chi connectivity index (χ0v) is 8.97. The summed E-state index contributed by atoms with van der Waals surface area (Å²) in [4.78, 5) is 14.2. The number of aromatic nitrogens is 1. The van der Waals surface area contributed by atoms with Crippen LogP contribution in [0.3, 0.4) is 0 Å². The van der Waals surface area contributed by atoms with Gasteiger partial charge < -0.3 is 25.0 Å². The van der Waals surface area contributed by atoms with Gasteiger partial charge in [-0.3, -0.25) is 4.79 Å². The number of hydrogen-bond acceptors (Lipinski definition) is 5. The Bertz CT molecular complexity index is 567. The molecule has 17 heavy (non-hydrogen) atoms. The number of carbonyl (C=O) groups is 1. The van der Waals surface area contributed by atoms with Gasteiger partial charge in [0.15, 0.2) is 5.78 Å². The fourth-order valence-electron chi connectivity index (χ4n) is 1.61. The van der Waals surface area contributed by atoms with Crippen LogP contribution in [-0.4, -0.2) is 32.2 Å². The minimum absolute atomic E-state index is 0.0344. The van der Waals surface area contributed by atoms with Gasteiger partial charge in [-0.2, -0.15) is 0 Å². The molecule has 0 aliphatic rings. The van der Waals surface area contributed by atoms with Gasteiger partial charge in [0.05, 0.1) is 0 Å². The molecule has 0 amide bonds. The maximum atomic E-state index is 11.3. The Hall–Kier alpha value is -1.89. The molecule has 0 atom stereocenters. The Morgan fingerprint density at radius 3 is 2.65 bits per heavy atom. The molecule has 6 heteroatoms. The van der Waals surface area contributed by atoms with Crippen molar-refractivity contribution < 1.29 is 24.9 Å². The topological polar surface area (TPSA) is 103 Å². The molecule has 1 aromatic carbocycles. The van der Waals surface area contributed by atoms with E-state index in [1.54, 1.807) is 12.3 Å². The average Bonchev–Trinajstić information content (AvgIpc) is 2.57. The van der Waals surface area contributed by atoms with E-state index in [9.17, 15) is 4.79 Å². The lowest BCUT2D eigenvalue weighted by atomic mass is 10.1. The van der Waals surface area contributed by atoms with Crippen molar-refractivity contribution in [1.82, 2.24) is 4.98 Å². The molecule has 0 spiro atoms. The number of nitrogens with one attached hydrogen (secondary N) is 1. The fourth-order valence-corrected chi connectivity index (χ4v) is 1.61. The van der Waals surface area contributed by atoms with Crippen molar-refractivity contribution in [3.63, 3.8) is 0 Å². The lowest BCUT2D eigenvalue weighted by Gasteiger charge is -2.15. The van der Waals surface area contributed by atoms with Gasteiger partial charge in [0, 0.05) is 22.7 Å². The van der Waals surface area contributed by atoms with Crippen molar-refractivity contribution in [2.75, 3.05) is 0 Å². The molecule has 0 saturated carbocycles. The van der Waals surface area contributed by atoms with Crippen molar-refractivity contribution in [3.05, 3.63) is 30.0 Å². The summed E-state index contributed by atoms with van der Waals surface area (Å²) < 4.78 is 4.46. The van der Waals surface area contributed by atoms with Gasteiger partial charge in [0.2, 0.25) is 0 Å². The fraction of sp³-hybridized carbons (Fsp3) is 0.182. The second kappa shape index (κ2) is 3.85. The molecular weight excluding hydrogens is 226 g/mol. The lowest BCUT2D eigenvalue weighted by molar-refractivity contribution is -0.419. The van der Waals surface area contributed by atoms with Gasteiger partial charge in [-0.25, -0.2) is 0 Å². The number of ether oxygens (including phenoxy) is 1. The number of hydrogen-bond donors (Lipinski definition) is 4. The molecule has 4 N–H and O–H groups in total. The van der Waals surface area contributed by atoms with Gasteiger partial charge in [-0.05, 0) is 25.1 Å². The van der Waals surface area contributed by atoms with Crippen LogP contribution in [0.25, 0.3) is 10.9 Å². The molecule has 90 valence electrons. The van der Waals surface area contributed by atoms with E-state index in [1.165, 1.54) is 19.1 Å². The number of H-pyrrole nitrogens is 1. The first-order valence-electron chi connectivity index (χ1n) is 4.85. The SMILES string of the molecule is CC(=O)c1c[nH]c2ccc(OC(O)(O)O)cc12. The zero-order valence-electron chi connectivity index (χ0n) is 8.97. The minimum Gasteiger partial charge on any atom is -0.417 e. The minimum atomic E-state index is -3.24. The number of benzene rings is 1. The quantitative estimate of drug-likeness (QED) is 0.455. The summed E-state index contributed by atoms with van der Waals surface area (Å²) in [5.74, 6) is -0.0937. The summed E-state index contributed by atoms with van der Waals surface area (Å²) >= 11 is 0. The Kier molecular flexibility index (Phi) is 2.62. The van der Waals surface area contributed by atoms with E-state index in [-0.39, 0.29) is 11.5 Å². The number of ketones is 1. The summed E-state index contributed by atoms with van der Waals surface area (Å²) in [5.41, 5.74) is 1.17. The highest BCUT2D eigenvalue weighted by atomic mass is 16.9. The van der Waals surface area contributed by atoms with Crippen LogP contribution < -0.4 is 4.74 Å². The largest absolute Gasteiger partial charge is 0.453 e. The van der Waals surface area contributed by atoms with Gasteiger partial charge in [0.25, 0.3) is 0 Å². The summed E-state index contributed by atoms with van der Waals surface area (Å²) in [6.07, 6.45) is -1.68. The van der Waals surface area contributed by atoms with Crippen LogP contribution in [-0.2, 0) is 0 Å². The van der Waals surface area contributed by atoms with Gasteiger partial charge in [-0.1, -0.05) is 0 Å². The van der Waals surface area contributed by atoms with E-state index in [0.29, 0.717) is 16.5 Å². The normalized spacial score (nSPS) is 11.8. The second-order valence-electron chi connectivity index (χ2n) is 3.64. The molecule has 2 rings (SSSR count). The summed E-state index contributed by atoms with van der Waals surface area (Å²) in [5, 5.41) is 26.6. The van der Waals surface area contributed by atoms with E-state index in [4.69, 9.17) is 15.3 Å². The van der Waals surface area contributed by atoms with E-state index in [2.05, 4.69) is 9.72 Å². The standard InChI is InChI=1S/C11H11NO5/c1-6(13)9-5-12-10-3-2-7(4-8(9)10)17-11(14,15)16/h2-5,12,14-16H,1H3. The molecule has 0 unspecified atom stereocenters. The maximum absolute atomic E-state index is 11.3. The van der Waals surface area contributed by atoms with Crippen molar-refractivity contribution in [3.8, 4) is 5.75 Å². The molecule has 6 nitrogen and oxygen atoms in total. The Labute approximate surface area is 96.1 Å². The van der Waals surface area contributed by atoms with Crippen molar-refractivity contribution >= 4 is 16.7 Å². The Balaban J connectivity index is 2.48. The predicted molar refractivity (Wildman–Crippen MR) is 58.3 cm³/mol. The molecule has 0 radical (unpaired) electrons. The first kappa shape index (κ1) is 11.6. The van der Waals surface area contributed by atoms with Crippen LogP contribution in [0.5, 0.6) is 5.75 Å². The molecule has 1 aromatic heterocycles. The summed E-state index contributed by atoms with van der Waals surface area (Å²) in [6.45, 7) is 1.42. The van der Waals surface area contributed by atoms with Gasteiger partial charge >= 0.3 is 6.16 Å². The number of aromatic amines is 1. The number of rotatable bonds is 3. The van der Waals surface area contributed by atoms with Crippen LogP contribution in [0.2, 0.25) is 0 Å². The van der Waals surface area contributed by atoms with Crippen LogP contribution in [0.1, 0.15) is 17.3 Å². The third-order valence-electron chi connectivity index (χ3n) is 2.29. The van der Waals surface area contributed by atoms with E-state index < -0.39 is 6.16 Å². The van der Waals surface area contributed by atoms with Crippen molar-refractivity contribution in [1.29, 1.82) is 0 Å². The number of fused-ring (bicyclic) bond motifs is 1. The van der Waals surface area contributed by atoms with E-state index in [0.717, 1.165) is 0 Å². The summed E-state index contributed by atoms with van der Waals surface area (Å²) in [7, 11) is 0. The molecule has 0 bridgehead atoms. The first-order chi connectivity index (χ1) is 7.87. The average molecular weight is 237 g/mol. The molecular formula is C11H11NO5. The van der Waals surface area contributed by atoms with Crippen LogP contribution in [0.15, 0.2) is 24.4 Å². The van der Waals surface area contributed by atoms with E-state index in [1.807, 2.05) is 0 Å². The van der Waals surface area contributed by atoms with Crippen LogP contribution in [0.4, 0.5) is 0 Å². The second-order valence-corrected chi connectivity index (χ2v) is 3.64. The highest BCUT2D eigenvalue weighted by molar-refractivity contribution is 6.06. The number of carbonyl (C=O) groups excluding carboxylic acids is 1. The molecule has 2 aromatic rings. The molecule has 0 fully saturated rings. The highest BCUT2D eigenvalue weighted by Gasteiger charge is 2.21. The van der Waals surface area contributed by atoms with Crippen LogP contribution in [0, 0.1) is 0 Å². The zero-order chi connectivity index (χ0) is 12.6. The van der Waals surface area contributed by atoms with Gasteiger partial charge in [-0.15, -0.1) is 0 Å². The first-order valence-corrected chi connectivity index (χ1v) is 4.85. The Morgan fingerprint density at radius 1 is 1.35 bits per heavy atom. The van der Waals surface area contributed by atoms with Crippen molar-refractivity contribution in [2.24, 2.45) is 0 Å². The van der Waals surface area contributed by atoms with Gasteiger partial charge in [0.1, 0.15) is 5.75 Å². The lowest BCUT2D eigenvalue weighted by Crippen LogP contribution is -2.34. The molecule has 0 saturated heterocycles. The summed E-state index contributed by atoms with van der Waals surface area (Å²) in [6, 6.07) is 4.46. The number of aliphatic hydroxyl groups is 3. The smallest absolute Gasteiger partial charge is 0.417 e. The maximum Gasteiger partial charge on any atom is 0.453 e. The van der Waals surface area contributed by atoms with E-state index >= 15 is 0 Å². The van der Waals surface area contributed by atoms with Crippen molar-refractivity contribution in [2.45, 2.75) is 13.1 Å². The molecule has 1 heterocycles.